The zero-order valence-corrected chi connectivity index (χ0v) is 15.5. The minimum Gasteiger partial charge on any atom is -0.351 e. The highest BCUT2D eigenvalue weighted by molar-refractivity contribution is 6.30. The largest absolute Gasteiger partial charge is 0.351 e. The van der Waals surface area contributed by atoms with Gasteiger partial charge in [-0.2, -0.15) is 0 Å². The summed E-state index contributed by atoms with van der Waals surface area (Å²) in [6, 6.07) is 11.0. The number of hydrogen-bond donors (Lipinski definition) is 2. The van der Waals surface area contributed by atoms with Gasteiger partial charge in [-0.05, 0) is 62.0 Å². The van der Waals surface area contributed by atoms with Crippen LogP contribution < -0.4 is 10.9 Å². The summed E-state index contributed by atoms with van der Waals surface area (Å²) in [5.41, 5.74) is 1.62. The molecule has 26 heavy (non-hydrogen) atoms. The van der Waals surface area contributed by atoms with Gasteiger partial charge in [-0.15, -0.1) is 0 Å². The molecule has 0 radical (unpaired) electrons. The van der Waals surface area contributed by atoms with Gasteiger partial charge in [0.25, 0.3) is 5.91 Å². The van der Waals surface area contributed by atoms with Crippen molar-refractivity contribution in [3.63, 3.8) is 0 Å². The number of nitrogens with zero attached hydrogens (tertiary/aromatic N) is 1. The van der Waals surface area contributed by atoms with Gasteiger partial charge >= 0.3 is 0 Å². The molecule has 1 aliphatic rings. The van der Waals surface area contributed by atoms with Crippen molar-refractivity contribution >= 4 is 17.5 Å². The van der Waals surface area contributed by atoms with Crippen molar-refractivity contribution in [2.75, 3.05) is 26.2 Å². The Balaban J connectivity index is 1.36. The van der Waals surface area contributed by atoms with Gasteiger partial charge in [0.15, 0.2) is 0 Å². The number of hydrogen-bond acceptors (Lipinski definition) is 3. The number of carbonyl (C=O) groups is 1. The summed E-state index contributed by atoms with van der Waals surface area (Å²) in [6.07, 6.45) is 4.90. The van der Waals surface area contributed by atoms with Gasteiger partial charge in [-0.1, -0.05) is 23.7 Å². The van der Waals surface area contributed by atoms with Crippen LogP contribution in [-0.4, -0.2) is 42.0 Å². The van der Waals surface area contributed by atoms with Gasteiger partial charge in [0, 0.05) is 30.4 Å². The predicted molar refractivity (Wildman–Crippen MR) is 104 cm³/mol. The molecule has 2 aromatic rings. The molecule has 1 amide bonds. The van der Waals surface area contributed by atoms with Crippen molar-refractivity contribution in [1.29, 1.82) is 0 Å². The van der Waals surface area contributed by atoms with E-state index in [0.29, 0.717) is 18.0 Å². The lowest BCUT2D eigenvalue weighted by Gasteiger charge is -2.32. The van der Waals surface area contributed by atoms with Crippen LogP contribution in [0.25, 0.3) is 0 Å². The summed E-state index contributed by atoms with van der Waals surface area (Å²) in [5.74, 6) is 0.557. The SMILES string of the molecule is O=C(NCCN1CCC(Cc2ccc(Cl)cc2)CC1)c1ccc(=O)[nH]c1. The number of nitrogens with one attached hydrogen (secondary N) is 2. The molecule has 1 fully saturated rings. The molecule has 3 rings (SSSR count). The summed E-state index contributed by atoms with van der Waals surface area (Å²) < 4.78 is 0. The first kappa shape index (κ1) is 18.7. The molecule has 0 bridgehead atoms. The first-order valence-electron chi connectivity index (χ1n) is 9.04. The standard InChI is InChI=1S/C20H24ClN3O2/c21-18-4-1-15(2-5-18)13-16-7-10-24(11-8-16)12-9-22-20(26)17-3-6-19(25)23-14-17/h1-6,14,16H,7-13H2,(H,22,26)(H,23,25). The summed E-state index contributed by atoms with van der Waals surface area (Å²) in [7, 11) is 0. The Hall–Kier alpha value is -2.11. The molecule has 6 heteroatoms. The van der Waals surface area contributed by atoms with Gasteiger partial charge in [0.1, 0.15) is 0 Å². The van der Waals surface area contributed by atoms with Crippen LogP contribution in [0.1, 0.15) is 28.8 Å². The Bertz CT molecular complexity index is 760. The number of carbonyl (C=O) groups excluding carboxylic acids is 1. The molecular formula is C20H24ClN3O2. The van der Waals surface area contributed by atoms with E-state index in [1.807, 2.05) is 12.1 Å². The average Bonchev–Trinajstić information content (AvgIpc) is 2.65. The van der Waals surface area contributed by atoms with Gasteiger partial charge in [-0.25, -0.2) is 0 Å². The number of halogens is 1. The number of piperidine rings is 1. The van der Waals surface area contributed by atoms with E-state index in [1.165, 1.54) is 36.7 Å². The molecule has 1 aromatic carbocycles. The number of rotatable bonds is 6. The lowest BCUT2D eigenvalue weighted by molar-refractivity contribution is 0.0943. The molecule has 0 unspecified atom stereocenters. The Morgan fingerprint density at radius 3 is 2.54 bits per heavy atom. The van der Waals surface area contributed by atoms with E-state index >= 15 is 0 Å². The summed E-state index contributed by atoms with van der Waals surface area (Å²) in [4.78, 5) is 27.9. The number of aromatic nitrogens is 1. The van der Waals surface area contributed by atoms with Gasteiger partial charge in [-0.3, -0.25) is 9.59 Å². The number of likely N-dealkylation sites (tertiary alicyclic amines) is 1. The van der Waals surface area contributed by atoms with Crippen LogP contribution in [0, 0.1) is 5.92 Å². The Morgan fingerprint density at radius 2 is 1.88 bits per heavy atom. The molecule has 2 N–H and O–H groups in total. The van der Waals surface area contributed by atoms with E-state index in [0.717, 1.165) is 31.1 Å². The number of amides is 1. The molecule has 0 atom stereocenters. The highest BCUT2D eigenvalue weighted by Crippen LogP contribution is 2.22. The third kappa shape index (κ3) is 5.44. The van der Waals surface area contributed by atoms with Crippen molar-refractivity contribution < 1.29 is 4.79 Å². The molecule has 0 spiro atoms. The second-order valence-electron chi connectivity index (χ2n) is 6.81. The Labute approximate surface area is 158 Å². The van der Waals surface area contributed by atoms with Crippen LogP contribution in [0.3, 0.4) is 0 Å². The molecule has 5 nitrogen and oxygen atoms in total. The van der Waals surface area contributed by atoms with Crippen LogP contribution in [0.2, 0.25) is 5.02 Å². The van der Waals surface area contributed by atoms with E-state index in [-0.39, 0.29) is 11.5 Å². The fourth-order valence-electron chi connectivity index (χ4n) is 3.35. The van der Waals surface area contributed by atoms with Gasteiger partial charge in [0.2, 0.25) is 5.56 Å². The van der Waals surface area contributed by atoms with E-state index in [2.05, 4.69) is 27.3 Å². The molecule has 1 aromatic heterocycles. The van der Waals surface area contributed by atoms with Crippen molar-refractivity contribution in [3.8, 4) is 0 Å². The summed E-state index contributed by atoms with van der Waals surface area (Å²) >= 11 is 5.94. The third-order valence-electron chi connectivity index (χ3n) is 4.90. The minimum absolute atomic E-state index is 0.154. The highest BCUT2D eigenvalue weighted by Gasteiger charge is 2.19. The summed E-state index contributed by atoms with van der Waals surface area (Å²) in [5, 5.41) is 3.69. The van der Waals surface area contributed by atoms with Crippen LogP contribution in [0.15, 0.2) is 47.4 Å². The van der Waals surface area contributed by atoms with Crippen molar-refractivity contribution in [1.82, 2.24) is 15.2 Å². The topological polar surface area (TPSA) is 65.2 Å². The molecular weight excluding hydrogens is 350 g/mol. The first-order valence-corrected chi connectivity index (χ1v) is 9.42. The molecule has 1 aliphatic heterocycles. The maximum Gasteiger partial charge on any atom is 0.252 e. The van der Waals surface area contributed by atoms with Crippen LogP contribution in [0.4, 0.5) is 0 Å². The van der Waals surface area contributed by atoms with E-state index in [4.69, 9.17) is 11.6 Å². The minimum atomic E-state index is -0.206. The van der Waals surface area contributed by atoms with E-state index in [1.54, 1.807) is 0 Å². The second-order valence-corrected chi connectivity index (χ2v) is 7.25. The maximum atomic E-state index is 12.0. The highest BCUT2D eigenvalue weighted by atomic mass is 35.5. The monoisotopic (exact) mass is 373 g/mol. The fraction of sp³-hybridized carbons (Fsp3) is 0.400. The first-order chi connectivity index (χ1) is 12.6. The Morgan fingerprint density at radius 1 is 1.15 bits per heavy atom. The lowest BCUT2D eigenvalue weighted by atomic mass is 9.90. The van der Waals surface area contributed by atoms with E-state index < -0.39 is 0 Å². The zero-order valence-electron chi connectivity index (χ0n) is 14.7. The number of pyridine rings is 1. The number of H-pyrrole nitrogens is 1. The normalized spacial score (nSPS) is 15.7. The van der Waals surface area contributed by atoms with Gasteiger partial charge in [0.05, 0.1) is 5.56 Å². The van der Waals surface area contributed by atoms with E-state index in [9.17, 15) is 9.59 Å². The van der Waals surface area contributed by atoms with Gasteiger partial charge < -0.3 is 15.2 Å². The molecule has 138 valence electrons. The quantitative estimate of drug-likeness (QED) is 0.818. The smallest absolute Gasteiger partial charge is 0.252 e. The van der Waals surface area contributed by atoms with Crippen molar-refractivity contribution in [3.05, 3.63) is 69.1 Å². The number of benzene rings is 1. The number of aromatic amines is 1. The van der Waals surface area contributed by atoms with Crippen molar-refractivity contribution in [2.45, 2.75) is 19.3 Å². The summed E-state index contributed by atoms with van der Waals surface area (Å²) in [6.45, 7) is 3.59. The predicted octanol–water partition coefficient (Wildman–Crippen LogP) is 2.71. The molecule has 0 saturated carbocycles. The van der Waals surface area contributed by atoms with Crippen LogP contribution in [-0.2, 0) is 6.42 Å². The zero-order chi connectivity index (χ0) is 18.4. The van der Waals surface area contributed by atoms with Crippen molar-refractivity contribution in [2.24, 2.45) is 5.92 Å². The average molecular weight is 374 g/mol. The maximum absolute atomic E-state index is 12.0. The second kappa shape index (κ2) is 9.01. The third-order valence-corrected chi connectivity index (χ3v) is 5.16. The molecule has 1 saturated heterocycles. The molecule has 0 aliphatic carbocycles. The Kier molecular flexibility index (Phi) is 6.47. The fourth-order valence-corrected chi connectivity index (χ4v) is 3.48. The van der Waals surface area contributed by atoms with Crippen LogP contribution in [0.5, 0.6) is 0 Å². The van der Waals surface area contributed by atoms with Crippen LogP contribution >= 0.6 is 11.6 Å². The lowest BCUT2D eigenvalue weighted by Crippen LogP contribution is -2.40. The molecule has 2 heterocycles.